The number of aryl methyl sites for hydroxylation is 1. The third-order valence-electron chi connectivity index (χ3n) is 3.91. The predicted molar refractivity (Wildman–Crippen MR) is 70.8 cm³/mol. The van der Waals surface area contributed by atoms with Gasteiger partial charge in [-0.05, 0) is 44.9 Å². The van der Waals surface area contributed by atoms with Gasteiger partial charge < -0.3 is 10.1 Å². The molecule has 4 heteroatoms. The summed E-state index contributed by atoms with van der Waals surface area (Å²) >= 11 is 0. The summed E-state index contributed by atoms with van der Waals surface area (Å²) < 4.78 is 5.63. The summed E-state index contributed by atoms with van der Waals surface area (Å²) in [6.45, 7) is 1.89. The van der Waals surface area contributed by atoms with Crippen LogP contribution in [0, 0.1) is 0 Å². The standard InChI is InChI=1S/C14H21N3O/c1-2-6-13-12(5-1)14(17-10-16-13)15-8-7-11-4-3-9-18-11/h10-11H,1-9H2,(H,15,16,17). The highest BCUT2D eigenvalue weighted by molar-refractivity contribution is 5.46. The number of aromatic nitrogens is 2. The number of hydrogen-bond donors (Lipinski definition) is 1. The average Bonchev–Trinajstić information content (AvgIpc) is 2.92. The predicted octanol–water partition coefficient (Wildman–Crippen LogP) is 2.34. The van der Waals surface area contributed by atoms with E-state index in [4.69, 9.17) is 4.74 Å². The monoisotopic (exact) mass is 247 g/mol. The second-order valence-electron chi connectivity index (χ2n) is 5.21. The Balaban J connectivity index is 1.58. The molecule has 3 rings (SSSR count). The van der Waals surface area contributed by atoms with Crippen molar-refractivity contribution in [2.45, 2.75) is 51.0 Å². The molecule has 2 heterocycles. The van der Waals surface area contributed by atoms with Crippen molar-refractivity contribution in [3.8, 4) is 0 Å². The molecule has 0 aromatic carbocycles. The van der Waals surface area contributed by atoms with Gasteiger partial charge in [0, 0.05) is 24.4 Å². The first-order valence-corrected chi connectivity index (χ1v) is 7.12. The average molecular weight is 247 g/mol. The SMILES string of the molecule is c1nc2c(c(NCCC3CCCO3)n1)CCCC2. The van der Waals surface area contributed by atoms with Crippen molar-refractivity contribution in [1.29, 1.82) is 0 Å². The second kappa shape index (κ2) is 5.65. The first-order valence-electron chi connectivity index (χ1n) is 7.12. The van der Waals surface area contributed by atoms with Gasteiger partial charge in [0.25, 0.3) is 0 Å². The molecule has 1 aliphatic carbocycles. The van der Waals surface area contributed by atoms with Crippen LogP contribution in [-0.4, -0.2) is 29.2 Å². The lowest BCUT2D eigenvalue weighted by Gasteiger charge is -2.18. The third kappa shape index (κ3) is 2.64. The number of nitrogens with zero attached hydrogens (tertiary/aromatic N) is 2. The summed E-state index contributed by atoms with van der Waals surface area (Å²) in [5.74, 6) is 1.05. The lowest BCUT2D eigenvalue weighted by atomic mass is 9.96. The van der Waals surface area contributed by atoms with Gasteiger partial charge in [0.2, 0.25) is 0 Å². The van der Waals surface area contributed by atoms with E-state index in [1.807, 2.05) is 0 Å². The maximum absolute atomic E-state index is 5.63. The highest BCUT2D eigenvalue weighted by Gasteiger charge is 2.17. The zero-order chi connectivity index (χ0) is 12.2. The quantitative estimate of drug-likeness (QED) is 0.887. The molecule has 2 aliphatic rings. The van der Waals surface area contributed by atoms with Crippen LogP contribution < -0.4 is 5.32 Å². The summed E-state index contributed by atoms with van der Waals surface area (Å²) in [4.78, 5) is 8.78. The first-order chi connectivity index (χ1) is 8.93. The molecule has 1 saturated heterocycles. The number of nitrogens with one attached hydrogen (secondary N) is 1. The van der Waals surface area contributed by atoms with Crippen LogP contribution in [0.1, 0.15) is 43.4 Å². The van der Waals surface area contributed by atoms with E-state index in [0.29, 0.717) is 6.10 Å². The maximum Gasteiger partial charge on any atom is 0.132 e. The van der Waals surface area contributed by atoms with E-state index in [9.17, 15) is 0 Å². The van der Waals surface area contributed by atoms with Gasteiger partial charge in [0.1, 0.15) is 12.1 Å². The van der Waals surface area contributed by atoms with Crippen molar-refractivity contribution in [3.05, 3.63) is 17.6 Å². The Labute approximate surface area is 108 Å². The van der Waals surface area contributed by atoms with Crippen LogP contribution in [0.2, 0.25) is 0 Å². The minimum absolute atomic E-state index is 0.454. The van der Waals surface area contributed by atoms with E-state index in [0.717, 1.165) is 38.2 Å². The number of ether oxygens (including phenoxy) is 1. The van der Waals surface area contributed by atoms with Crippen LogP contribution in [0.5, 0.6) is 0 Å². The zero-order valence-corrected chi connectivity index (χ0v) is 10.8. The molecule has 1 N–H and O–H groups in total. The van der Waals surface area contributed by atoms with E-state index in [1.165, 1.54) is 36.9 Å². The Hall–Kier alpha value is -1.16. The smallest absolute Gasteiger partial charge is 0.132 e. The third-order valence-corrected chi connectivity index (χ3v) is 3.91. The molecule has 0 radical (unpaired) electrons. The molecule has 0 spiro atoms. The Bertz CT molecular complexity index is 402. The number of hydrogen-bond acceptors (Lipinski definition) is 4. The van der Waals surface area contributed by atoms with E-state index < -0.39 is 0 Å². The minimum Gasteiger partial charge on any atom is -0.378 e. The summed E-state index contributed by atoms with van der Waals surface area (Å²) in [7, 11) is 0. The number of fused-ring (bicyclic) bond motifs is 1. The summed E-state index contributed by atoms with van der Waals surface area (Å²) in [6.07, 6.45) is 10.4. The van der Waals surface area contributed by atoms with Crippen LogP contribution in [0.25, 0.3) is 0 Å². The molecule has 0 saturated carbocycles. The molecule has 1 aliphatic heterocycles. The van der Waals surface area contributed by atoms with Crippen molar-refractivity contribution in [3.63, 3.8) is 0 Å². The van der Waals surface area contributed by atoms with Gasteiger partial charge in [-0.3, -0.25) is 0 Å². The Morgan fingerprint density at radius 3 is 3.06 bits per heavy atom. The summed E-state index contributed by atoms with van der Waals surface area (Å²) in [5, 5.41) is 3.47. The molecule has 0 bridgehead atoms. The van der Waals surface area contributed by atoms with Crippen molar-refractivity contribution in [1.82, 2.24) is 9.97 Å². The van der Waals surface area contributed by atoms with Crippen LogP contribution >= 0.6 is 0 Å². The zero-order valence-electron chi connectivity index (χ0n) is 10.8. The molecule has 1 aromatic rings. The second-order valence-corrected chi connectivity index (χ2v) is 5.21. The molecule has 18 heavy (non-hydrogen) atoms. The first kappa shape index (κ1) is 11.9. The molecule has 1 aromatic heterocycles. The maximum atomic E-state index is 5.63. The Morgan fingerprint density at radius 1 is 1.22 bits per heavy atom. The van der Waals surface area contributed by atoms with Crippen LogP contribution in [0.3, 0.4) is 0 Å². The number of anilines is 1. The molecule has 98 valence electrons. The van der Waals surface area contributed by atoms with Gasteiger partial charge in [0.15, 0.2) is 0 Å². The van der Waals surface area contributed by atoms with Crippen molar-refractivity contribution < 1.29 is 4.74 Å². The van der Waals surface area contributed by atoms with Crippen molar-refractivity contribution in [2.75, 3.05) is 18.5 Å². The largest absolute Gasteiger partial charge is 0.378 e. The number of rotatable bonds is 4. The lowest BCUT2D eigenvalue weighted by Crippen LogP contribution is -2.16. The highest BCUT2D eigenvalue weighted by Crippen LogP contribution is 2.24. The van der Waals surface area contributed by atoms with Crippen molar-refractivity contribution in [2.24, 2.45) is 0 Å². The van der Waals surface area contributed by atoms with E-state index in [1.54, 1.807) is 6.33 Å². The Kier molecular flexibility index (Phi) is 3.74. The summed E-state index contributed by atoms with van der Waals surface area (Å²) in [5.41, 5.74) is 2.59. The normalized spacial score (nSPS) is 22.8. The molecular formula is C14H21N3O. The lowest BCUT2D eigenvalue weighted by molar-refractivity contribution is 0.107. The highest BCUT2D eigenvalue weighted by atomic mass is 16.5. The van der Waals surface area contributed by atoms with Crippen LogP contribution in [0.4, 0.5) is 5.82 Å². The van der Waals surface area contributed by atoms with Crippen LogP contribution in [0.15, 0.2) is 6.33 Å². The van der Waals surface area contributed by atoms with Gasteiger partial charge >= 0.3 is 0 Å². The van der Waals surface area contributed by atoms with Crippen molar-refractivity contribution >= 4 is 5.82 Å². The molecule has 0 amide bonds. The topological polar surface area (TPSA) is 47.0 Å². The Morgan fingerprint density at radius 2 is 2.17 bits per heavy atom. The van der Waals surface area contributed by atoms with Gasteiger partial charge in [0.05, 0.1) is 6.10 Å². The minimum atomic E-state index is 0.454. The molecule has 1 atom stereocenters. The molecule has 1 fully saturated rings. The fourth-order valence-corrected chi connectivity index (χ4v) is 2.90. The van der Waals surface area contributed by atoms with Gasteiger partial charge in [-0.25, -0.2) is 9.97 Å². The van der Waals surface area contributed by atoms with Gasteiger partial charge in [-0.1, -0.05) is 0 Å². The fraction of sp³-hybridized carbons (Fsp3) is 0.714. The van der Waals surface area contributed by atoms with Gasteiger partial charge in [-0.15, -0.1) is 0 Å². The molecular weight excluding hydrogens is 226 g/mol. The molecule has 4 nitrogen and oxygen atoms in total. The van der Waals surface area contributed by atoms with E-state index >= 15 is 0 Å². The van der Waals surface area contributed by atoms with E-state index in [2.05, 4.69) is 15.3 Å². The van der Waals surface area contributed by atoms with Crippen LogP contribution in [-0.2, 0) is 17.6 Å². The fourth-order valence-electron chi connectivity index (χ4n) is 2.90. The summed E-state index contributed by atoms with van der Waals surface area (Å²) in [6, 6.07) is 0. The van der Waals surface area contributed by atoms with E-state index in [-0.39, 0.29) is 0 Å². The molecule has 1 unspecified atom stereocenters. The van der Waals surface area contributed by atoms with Gasteiger partial charge in [-0.2, -0.15) is 0 Å².